The summed E-state index contributed by atoms with van der Waals surface area (Å²) < 4.78 is 7.47. The Morgan fingerprint density at radius 3 is 2.76 bits per heavy atom. The van der Waals surface area contributed by atoms with Crippen LogP contribution in [0.3, 0.4) is 0 Å². The summed E-state index contributed by atoms with van der Waals surface area (Å²) in [6, 6.07) is 7.72. The van der Waals surface area contributed by atoms with E-state index >= 15 is 0 Å². The van der Waals surface area contributed by atoms with Crippen LogP contribution in [0.2, 0.25) is 0 Å². The van der Waals surface area contributed by atoms with Gasteiger partial charge in [0.15, 0.2) is 0 Å². The van der Waals surface area contributed by atoms with Gasteiger partial charge in [-0.1, -0.05) is 6.07 Å². The highest BCUT2D eigenvalue weighted by molar-refractivity contribution is 5.25. The highest BCUT2D eigenvalue weighted by Crippen LogP contribution is 2.19. The van der Waals surface area contributed by atoms with Crippen molar-refractivity contribution in [3.8, 4) is 0 Å². The molecule has 2 aliphatic heterocycles. The van der Waals surface area contributed by atoms with Gasteiger partial charge in [-0.2, -0.15) is 0 Å². The van der Waals surface area contributed by atoms with Crippen molar-refractivity contribution in [2.75, 3.05) is 32.8 Å². The molecule has 5 nitrogen and oxygen atoms in total. The zero-order valence-electron chi connectivity index (χ0n) is 14.6. The minimum Gasteiger partial charge on any atom is -0.381 e. The molecule has 1 unspecified atom stereocenters. The Bertz CT molecular complexity index is 766. The molecule has 0 aromatic carbocycles. The Kier molecular flexibility index (Phi) is 4.95. The van der Waals surface area contributed by atoms with Crippen molar-refractivity contribution in [3.63, 3.8) is 0 Å². The van der Waals surface area contributed by atoms with E-state index in [4.69, 9.17) is 4.74 Å². The van der Waals surface area contributed by atoms with Crippen LogP contribution in [0.25, 0.3) is 0 Å². The summed E-state index contributed by atoms with van der Waals surface area (Å²) in [6.07, 6.45) is 6.70. The summed E-state index contributed by atoms with van der Waals surface area (Å²) in [4.78, 5) is 19.1. The third kappa shape index (κ3) is 3.83. The minimum atomic E-state index is 0.0909. The molecule has 1 fully saturated rings. The van der Waals surface area contributed by atoms with E-state index in [1.807, 2.05) is 22.8 Å². The SMILES string of the molecule is O=c1ccc2c(n1Cc1ccncc1)CCN(CC1CCOC1)CC2. The molecule has 132 valence electrons. The number of hydrogen-bond acceptors (Lipinski definition) is 4. The largest absolute Gasteiger partial charge is 0.381 e. The fourth-order valence-electron chi connectivity index (χ4n) is 3.96. The summed E-state index contributed by atoms with van der Waals surface area (Å²) in [5, 5.41) is 0. The van der Waals surface area contributed by atoms with Crippen molar-refractivity contribution < 1.29 is 4.74 Å². The van der Waals surface area contributed by atoms with Crippen LogP contribution in [0.15, 0.2) is 41.5 Å². The van der Waals surface area contributed by atoms with Gasteiger partial charge in [0.25, 0.3) is 5.56 Å². The van der Waals surface area contributed by atoms with E-state index in [1.54, 1.807) is 18.5 Å². The number of ether oxygens (including phenoxy) is 1. The lowest BCUT2D eigenvalue weighted by Crippen LogP contribution is -2.32. The summed E-state index contributed by atoms with van der Waals surface area (Å²) in [7, 11) is 0. The first-order chi connectivity index (χ1) is 12.3. The van der Waals surface area contributed by atoms with Crippen LogP contribution in [0, 0.1) is 5.92 Å². The number of aromatic nitrogens is 2. The van der Waals surface area contributed by atoms with Gasteiger partial charge in [0, 0.05) is 56.8 Å². The maximum atomic E-state index is 12.5. The lowest BCUT2D eigenvalue weighted by molar-refractivity contribution is 0.168. The first-order valence-corrected chi connectivity index (χ1v) is 9.20. The average Bonchev–Trinajstić information content (AvgIpc) is 3.06. The van der Waals surface area contributed by atoms with Gasteiger partial charge in [-0.25, -0.2) is 0 Å². The minimum absolute atomic E-state index is 0.0909. The third-order valence-corrected chi connectivity index (χ3v) is 5.38. The highest BCUT2D eigenvalue weighted by atomic mass is 16.5. The van der Waals surface area contributed by atoms with E-state index < -0.39 is 0 Å². The molecule has 0 aliphatic carbocycles. The number of fused-ring (bicyclic) bond motifs is 1. The van der Waals surface area contributed by atoms with Crippen molar-refractivity contribution in [1.82, 2.24) is 14.5 Å². The molecule has 0 N–H and O–H groups in total. The van der Waals surface area contributed by atoms with Gasteiger partial charge in [-0.05, 0) is 42.0 Å². The molecule has 0 saturated carbocycles. The fourth-order valence-corrected chi connectivity index (χ4v) is 3.96. The lowest BCUT2D eigenvalue weighted by Gasteiger charge is -2.22. The summed E-state index contributed by atoms with van der Waals surface area (Å²) >= 11 is 0. The summed E-state index contributed by atoms with van der Waals surface area (Å²) in [5.74, 6) is 0.667. The molecule has 4 rings (SSSR count). The molecule has 4 heterocycles. The van der Waals surface area contributed by atoms with Crippen LogP contribution in [0.5, 0.6) is 0 Å². The Morgan fingerprint density at radius 2 is 1.96 bits per heavy atom. The monoisotopic (exact) mass is 339 g/mol. The van der Waals surface area contributed by atoms with Crippen LogP contribution in [-0.4, -0.2) is 47.3 Å². The van der Waals surface area contributed by atoms with Crippen LogP contribution in [0.1, 0.15) is 23.2 Å². The summed E-state index contributed by atoms with van der Waals surface area (Å²) in [6.45, 7) is 5.63. The van der Waals surface area contributed by atoms with Gasteiger partial charge in [-0.3, -0.25) is 9.78 Å². The second-order valence-electron chi connectivity index (χ2n) is 7.12. The van der Waals surface area contributed by atoms with Gasteiger partial charge >= 0.3 is 0 Å². The first-order valence-electron chi connectivity index (χ1n) is 9.20. The van der Waals surface area contributed by atoms with Crippen LogP contribution < -0.4 is 5.56 Å². The van der Waals surface area contributed by atoms with Crippen molar-refractivity contribution in [2.45, 2.75) is 25.8 Å². The van der Waals surface area contributed by atoms with E-state index in [1.165, 1.54) is 17.7 Å². The zero-order valence-corrected chi connectivity index (χ0v) is 14.6. The second-order valence-corrected chi connectivity index (χ2v) is 7.12. The molecule has 2 aromatic heterocycles. The van der Waals surface area contributed by atoms with Crippen molar-refractivity contribution >= 4 is 0 Å². The van der Waals surface area contributed by atoms with Gasteiger partial charge in [0.2, 0.25) is 0 Å². The summed E-state index contributed by atoms with van der Waals surface area (Å²) in [5.41, 5.74) is 3.73. The Labute approximate surface area is 148 Å². The highest BCUT2D eigenvalue weighted by Gasteiger charge is 2.22. The third-order valence-electron chi connectivity index (χ3n) is 5.38. The molecular formula is C20H25N3O2. The topological polar surface area (TPSA) is 47.4 Å². The second kappa shape index (κ2) is 7.50. The normalized spacial score (nSPS) is 21.0. The zero-order chi connectivity index (χ0) is 17.1. The molecule has 1 saturated heterocycles. The molecule has 1 atom stereocenters. The fraction of sp³-hybridized carbons (Fsp3) is 0.500. The van der Waals surface area contributed by atoms with E-state index in [2.05, 4.69) is 9.88 Å². The number of hydrogen-bond donors (Lipinski definition) is 0. The van der Waals surface area contributed by atoms with Gasteiger partial charge < -0.3 is 14.2 Å². The molecule has 5 heteroatoms. The number of nitrogens with zero attached hydrogens (tertiary/aromatic N) is 3. The van der Waals surface area contributed by atoms with E-state index in [9.17, 15) is 4.79 Å². The molecule has 25 heavy (non-hydrogen) atoms. The molecule has 2 aromatic rings. The molecule has 0 spiro atoms. The smallest absolute Gasteiger partial charge is 0.251 e. The van der Waals surface area contributed by atoms with Crippen molar-refractivity contribution in [1.29, 1.82) is 0 Å². The lowest BCUT2D eigenvalue weighted by atomic mass is 10.1. The molecule has 0 amide bonds. The first kappa shape index (κ1) is 16.5. The van der Waals surface area contributed by atoms with Crippen molar-refractivity contribution in [2.24, 2.45) is 5.92 Å². The molecular weight excluding hydrogens is 314 g/mol. The number of rotatable bonds is 4. The van der Waals surface area contributed by atoms with Gasteiger partial charge in [-0.15, -0.1) is 0 Å². The van der Waals surface area contributed by atoms with E-state index in [-0.39, 0.29) is 5.56 Å². The Balaban J connectivity index is 1.53. The standard InChI is InChI=1S/C20H25N3O2/c24-20-2-1-18-5-10-22(13-17-7-12-25-15-17)11-6-19(18)23(20)14-16-3-8-21-9-4-16/h1-4,8-9,17H,5-7,10-15H2. The predicted molar refractivity (Wildman–Crippen MR) is 96.8 cm³/mol. The van der Waals surface area contributed by atoms with Crippen LogP contribution >= 0.6 is 0 Å². The van der Waals surface area contributed by atoms with Gasteiger partial charge in [0.1, 0.15) is 0 Å². The maximum absolute atomic E-state index is 12.5. The van der Waals surface area contributed by atoms with Gasteiger partial charge in [0.05, 0.1) is 13.2 Å². The Hall–Kier alpha value is -1.98. The van der Waals surface area contributed by atoms with E-state index in [0.717, 1.165) is 51.3 Å². The molecule has 2 aliphatic rings. The quantitative estimate of drug-likeness (QED) is 0.851. The maximum Gasteiger partial charge on any atom is 0.251 e. The average molecular weight is 339 g/mol. The van der Waals surface area contributed by atoms with Crippen LogP contribution in [-0.2, 0) is 24.1 Å². The predicted octanol–water partition coefficient (Wildman–Crippen LogP) is 1.73. The molecule has 0 radical (unpaired) electrons. The number of pyridine rings is 2. The Morgan fingerprint density at radius 1 is 1.12 bits per heavy atom. The van der Waals surface area contributed by atoms with Crippen LogP contribution in [0.4, 0.5) is 0 Å². The van der Waals surface area contributed by atoms with E-state index in [0.29, 0.717) is 12.5 Å². The molecule has 0 bridgehead atoms. The van der Waals surface area contributed by atoms with Crippen molar-refractivity contribution in [3.05, 3.63) is 63.8 Å².